The highest BCUT2D eigenvalue weighted by Crippen LogP contribution is 2.40. The lowest BCUT2D eigenvalue weighted by atomic mass is 10.00. The molecule has 0 bridgehead atoms. The number of fused-ring (bicyclic) bond motifs is 5. The molecular formula is C23H24BrN7O2. The van der Waals surface area contributed by atoms with Crippen molar-refractivity contribution in [2.45, 2.75) is 38.4 Å². The molecule has 0 spiro atoms. The van der Waals surface area contributed by atoms with Crippen LogP contribution in [-0.2, 0) is 7.05 Å². The molecule has 3 aromatic heterocycles. The maximum atomic E-state index is 13.1. The van der Waals surface area contributed by atoms with Crippen LogP contribution in [0.15, 0.2) is 33.8 Å². The van der Waals surface area contributed by atoms with E-state index in [1.807, 2.05) is 0 Å². The first-order valence-electron chi connectivity index (χ1n) is 11.0. The molecule has 170 valence electrons. The fourth-order valence-electron chi connectivity index (χ4n) is 4.98. The molecule has 5 heterocycles. The minimum Gasteiger partial charge on any atom is -0.484 e. The normalized spacial score (nSPS) is 21.1. The third-order valence-corrected chi connectivity index (χ3v) is 7.02. The van der Waals surface area contributed by atoms with Gasteiger partial charge < -0.3 is 14.2 Å². The Labute approximate surface area is 199 Å². The van der Waals surface area contributed by atoms with E-state index in [4.69, 9.17) is 4.74 Å². The van der Waals surface area contributed by atoms with Crippen molar-refractivity contribution < 1.29 is 4.74 Å². The molecule has 9 nitrogen and oxygen atoms in total. The molecule has 10 heteroatoms. The van der Waals surface area contributed by atoms with Crippen molar-refractivity contribution in [1.29, 1.82) is 5.26 Å². The first-order valence-corrected chi connectivity index (χ1v) is 11.8. The summed E-state index contributed by atoms with van der Waals surface area (Å²) in [6.45, 7) is 6.19. The first-order chi connectivity index (χ1) is 15.9. The fraction of sp³-hybridized carbons (Fsp3) is 0.435. The average molecular weight is 510 g/mol. The molecule has 0 radical (unpaired) electrons. The van der Waals surface area contributed by atoms with E-state index in [-0.39, 0.29) is 23.7 Å². The molecule has 0 aliphatic carbocycles. The van der Waals surface area contributed by atoms with Crippen LogP contribution in [0.2, 0.25) is 0 Å². The summed E-state index contributed by atoms with van der Waals surface area (Å²) in [5.74, 6) is 1.12. The molecule has 3 aromatic rings. The molecular weight excluding hydrogens is 486 g/mol. The summed E-state index contributed by atoms with van der Waals surface area (Å²) in [4.78, 5) is 31.4. The van der Waals surface area contributed by atoms with E-state index in [2.05, 4.69) is 60.6 Å². The van der Waals surface area contributed by atoms with Crippen molar-refractivity contribution in [1.82, 2.24) is 24.4 Å². The zero-order valence-corrected chi connectivity index (χ0v) is 20.3. The monoisotopic (exact) mass is 509 g/mol. The highest BCUT2D eigenvalue weighted by atomic mass is 79.9. The topological polar surface area (TPSA) is 100 Å². The van der Waals surface area contributed by atoms with Crippen molar-refractivity contribution in [3.05, 3.63) is 50.9 Å². The number of aryl methyl sites for hydroxylation is 1. The SMILES string of the molecule is CC[C@@H](c1ncc(Br)cn1)N1C[C@H]2COc3c(c4nc(C#N)ccc4n(C)c3=O)N2C[C@H]1C. The molecule has 1 fully saturated rings. The van der Waals surface area contributed by atoms with Crippen LogP contribution in [0.3, 0.4) is 0 Å². The van der Waals surface area contributed by atoms with E-state index in [1.54, 1.807) is 36.1 Å². The summed E-state index contributed by atoms with van der Waals surface area (Å²) in [5, 5.41) is 9.40. The highest BCUT2D eigenvalue weighted by molar-refractivity contribution is 9.10. The molecule has 2 aliphatic heterocycles. The zero-order chi connectivity index (χ0) is 23.3. The number of ether oxygens (including phenoxy) is 1. The van der Waals surface area contributed by atoms with Crippen molar-refractivity contribution >= 4 is 32.7 Å². The number of halogens is 1. The van der Waals surface area contributed by atoms with Gasteiger partial charge in [0.05, 0.1) is 22.1 Å². The van der Waals surface area contributed by atoms with Crippen molar-refractivity contribution in [2.24, 2.45) is 7.05 Å². The summed E-state index contributed by atoms with van der Waals surface area (Å²) >= 11 is 3.41. The van der Waals surface area contributed by atoms with E-state index >= 15 is 0 Å². The molecule has 0 unspecified atom stereocenters. The van der Waals surface area contributed by atoms with Crippen LogP contribution in [0.25, 0.3) is 11.0 Å². The Morgan fingerprint density at radius 3 is 2.76 bits per heavy atom. The Morgan fingerprint density at radius 2 is 2.06 bits per heavy atom. The summed E-state index contributed by atoms with van der Waals surface area (Å²) in [6.07, 6.45) is 4.45. The third-order valence-electron chi connectivity index (χ3n) is 6.61. The van der Waals surface area contributed by atoms with Gasteiger partial charge in [0.25, 0.3) is 5.56 Å². The fourth-order valence-corrected chi connectivity index (χ4v) is 5.18. The second-order valence-electron chi connectivity index (χ2n) is 8.56. The Balaban J connectivity index is 1.56. The molecule has 33 heavy (non-hydrogen) atoms. The van der Waals surface area contributed by atoms with Gasteiger partial charge in [-0.05, 0) is 41.4 Å². The number of anilines is 1. The summed E-state index contributed by atoms with van der Waals surface area (Å²) < 4.78 is 8.44. The Morgan fingerprint density at radius 1 is 1.30 bits per heavy atom. The molecule has 0 aromatic carbocycles. The van der Waals surface area contributed by atoms with Crippen LogP contribution >= 0.6 is 15.9 Å². The maximum Gasteiger partial charge on any atom is 0.295 e. The predicted octanol–water partition coefficient (Wildman–Crippen LogP) is 2.78. The lowest BCUT2D eigenvalue weighted by Crippen LogP contribution is -2.61. The third kappa shape index (κ3) is 3.56. The number of pyridine rings is 2. The van der Waals surface area contributed by atoms with Gasteiger partial charge >= 0.3 is 0 Å². The van der Waals surface area contributed by atoms with E-state index in [0.29, 0.717) is 41.3 Å². The Bertz CT molecular complexity index is 1320. The molecule has 2 aliphatic rings. The van der Waals surface area contributed by atoms with Gasteiger partial charge in [-0.15, -0.1) is 0 Å². The van der Waals surface area contributed by atoms with Gasteiger partial charge in [0.1, 0.15) is 35.4 Å². The minimum absolute atomic E-state index is 0.0426. The number of hydrogen-bond acceptors (Lipinski definition) is 8. The van der Waals surface area contributed by atoms with E-state index in [0.717, 1.165) is 23.3 Å². The molecule has 3 atom stereocenters. The number of hydrogen-bond donors (Lipinski definition) is 0. The quantitative estimate of drug-likeness (QED) is 0.531. The number of aromatic nitrogens is 4. The van der Waals surface area contributed by atoms with Crippen LogP contribution in [0.1, 0.15) is 37.8 Å². The summed E-state index contributed by atoms with van der Waals surface area (Å²) in [6, 6.07) is 5.84. The predicted molar refractivity (Wildman–Crippen MR) is 127 cm³/mol. The molecule has 0 saturated carbocycles. The van der Waals surface area contributed by atoms with Crippen LogP contribution in [0, 0.1) is 11.3 Å². The summed E-state index contributed by atoms with van der Waals surface area (Å²) in [7, 11) is 1.71. The van der Waals surface area contributed by atoms with Gasteiger partial charge in [-0.2, -0.15) is 5.26 Å². The van der Waals surface area contributed by atoms with Crippen molar-refractivity contribution in [3.8, 4) is 11.8 Å². The highest BCUT2D eigenvalue weighted by Gasteiger charge is 2.41. The second-order valence-corrected chi connectivity index (χ2v) is 9.48. The zero-order valence-electron chi connectivity index (χ0n) is 18.7. The first kappa shape index (κ1) is 21.8. The van der Waals surface area contributed by atoms with Crippen LogP contribution in [0.4, 0.5) is 5.69 Å². The minimum atomic E-state index is -0.188. The molecule has 5 rings (SSSR count). The van der Waals surface area contributed by atoms with Gasteiger partial charge in [-0.3, -0.25) is 9.69 Å². The Hall–Kier alpha value is -3.03. The van der Waals surface area contributed by atoms with Gasteiger partial charge in [0.2, 0.25) is 5.75 Å². The second kappa shape index (κ2) is 8.39. The largest absolute Gasteiger partial charge is 0.484 e. The number of piperazine rings is 1. The standard InChI is InChI=1S/C23H24BrN7O2/c1-4-17(22-26-8-14(24)9-27-22)30-11-16-12-33-21-20(31(16)10-13(30)2)19-18(29(3)23(21)32)6-5-15(7-25)28-19/h5-6,8-9,13,16-17H,4,10-12H2,1-3H3/t13-,16+,17+/m1/s1. The van der Waals surface area contributed by atoms with E-state index < -0.39 is 0 Å². The van der Waals surface area contributed by atoms with Crippen LogP contribution in [0.5, 0.6) is 5.75 Å². The molecule has 0 amide bonds. The molecule has 1 saturated heterocycles. The number of nitrogens with zero attached hydrogens (tertiary/aromatic N) is 7. The summed E-state index contributed by atoms with van der Waals surface area (Å²) in [5.41, 5.74) is 2.13. The van der Waals surface area contributed by atoms with Gasteiger partial charge in [0.15, 0.2) is 0 Å². The maximum absolute atomic E-state index is 13.1. The van der Waals surface area contributed by atoms with Gasteiger partial charge in [0, 0.05) is 38.6 Å². The molecule has 0 N–H and O–H groups in total. The van der Waals surface area contributed by atoms with Crippen molar-refractivity contribution in [3.63, 3.8) is 0 Å². The Kier molecular flexibility index (Phi) is 5.54. The van der Waals surface area contributed by atoms with Crippen molar-refractivity contribution in [2.75, 3.05) is 24.6 Å². The number of rotatable bonds is 3. The van der Waals surface area contributed by atoms with E-state index in [9.17, 15) is 10.1 Å². The number of nitriles is 1. The van der Waals surface area contributed by atoms with Gasteiger partial charge in [-0.1, -0.05) is 6.92 Å². The van der Waals surface area contributed by atoms with E-state index in [1.165, 1.54) is 0 Å². The lowest BCUT2D eigenvalue weighted by molar-refractivity contribution is 0.0785. The van der Waals surface area contributed by atoms with Crippen LogP contribution < -0.4 is 15.2 Å². The van der Waals surface area contributed by atoms with Gasteiger partial charge in [-0.25, -0.2) is 15.0 Å². The average Bonchev–Trinajstić information content (AvgIpc) is 2.83. The smallest absolute Gasteiger partial charge is 0.295 e. The lowest BCUT2D eigenvalue weighted by Gasteiger charge is -2.50. The van der Waals surface area contributed by atoms with Crippen LogP contribution in [-0.4, -0.2) is 56.2 Å².